The van der Waals surface area contributed by atoms with Crippen molar-refractivity contribution in [3.8, 4) is 5.75 Å². The molecule has 3 nitrogen and oxygen atoms in total. The summed E-state index contributed by atoms with van der Waals surface area (Å²) in [7, 11) is -3.08. The molecule has 12 heavy (non-hydrogen) atoms. The second-order valence-corrected chi connectivity index (χ2v) is 2.53. The maximum absolute atomic E-state index is 7.48. The van der Waals surface area contributed by atoms with E-state index in [4.69, 9.17) is 14.3 Å². The summed E-state index contributed by atoms with van der Waals surface area (Å²) in [6.07, 6.45) is 1.32. The summed E-state index contributed by atoms with van der Waals surface area (Å²) >= 11 is 3.04. The van der Waals surface area contributed by atoms with Crippen molar-refractivity contribution in [2.45, 2.75) is 0 Å². The number of hydrogen-bond acceptors (Lipinski definition) is 3. The van der Waals surface area contributed by atoms with E-state index in [0.717, 1.165) is 0 Å². The summed E-state index contributed by atoms with van der Waals surface area (Å²) in [6, 6.07) is 2.61. The molecule has 0 radical (unpaired) electrons. The normalized spacial score (nSPS) is 21.9. The Balaban J connectivity index is 2.91. The molecule has 66 valence electrons. The molecule has 1 heterocycles. The van der Waals surface area contributed by atoms with Gasteiger partial charge in [0.2, 0.25) is 0 Å². The molecule has 0 aliphatic rings. The van der Waals surface area contributed by atoms with E-state index in [1.165, 1.54) is 18.3 Å². The van der Waals surface area contributed by atoms with Crippen molar-refractivity contribution in [3.05, 3.63) is 22.9 Å². The van der Waals surface area contributed by atoms with Gasteiger partial charge >= 0.3 is 0 Å². The lowest BCUT2D eigenvalue weighted by Crippen LogP contribution is -2.04. The van der Waals surface area contributed by atoms with Gasteiger partial charge in [-0.15, -0.1) is 0 Å². The van der Waals surface area contributed by atoms with Crippen LogP contribution in [0.1, 0.15) is 9.60 Å². The molecule has 0 aromatic carbocycles. The van der Waals surface area contributed by atoms with E-state index in [2.05, 4.69) is 25.7 Å². The first kappa shape index (κ1) is 3.64. The molecule has 1 rings (SSSR count). The number of pyridine rings is 1. The Morgan fingerprint density at radius 2 is 2.67 bits per heavy atom. The molecule has 0 bridgehead atoms. The molecule has 0 atom stereocenters. The van der Waals surface area contributed by atoms with E-state index in [1.54, 1.807) is 0 Å². The highest BCUT2D eigenvalue weighted by Crippen LogP contribution is 2.14. The highest BCUT2D eigenvalue weighted by Gasteiger charge is 1.93. The Kier molecular flexibility index (Phi) is 1.55. The molecular weight excluding hydrogens is 222 g/mol. The molecule has 0 unspecified atom stereocenters. The average Bonchev–Trinajstić information content (AvgIpc) is 2.12. The van der Waals surface area contributed by atoms with Crippen molar-refractivity contribution in [2.75, 3.05) is 20.2 Å². The van der Waals surface area contributed by atoms with Crippen molar-refractivity contribution in [1.82, 2.24) is 4.98 Å². The van der Waals surface area contributed by atoms with Gasteiger partial charge in [-0.25, -0.2) is 4.98 Å². The van der Waals surface area contributed by atoms with Crippen molar-refractivity contribution in [1.29, 1.82) is 0 Å². The molecule has 0 aliphatic carbocycles. The zero-order chi connectivity index (χ0) is 14.9. The second-order valence-electron chi connectivity index (χ2n) is 1.72. The van der Waals surface area contributed by atoms with Gasteiger partial charge in [-0.3, -0.25) is 0 Å². The third kappa shape index (κ3) is 3.19. The van der Waals surface area contributed by atoms with Crippen molar-refractivity contribution >= 4 is 15.9 Å². The van der Waals surface area contributed by atoms with E-state index < -0.39 is 20.2 Å². The van der Waals surface area contributed by atoms with E-state index in [0.29, 0.717) is 4.60 Å². The molecular formula is C8H10BrNO2. The lowest BCUT2D eigenvalue weighted by molar-refractivity contribution is 0.146. The highest BCUT2D eigenvalue weighted by molar-refractivity contribution is 9.10. The van der Waals surface area contributed by atoms with Crippen LogP contribution in [0.2, 0.25) is 0 Å². The van der Waals surface area contributed by atoms with E-state index in [1.807, 2.05) is 0 Å². The van der Waals surface area contributed by atoms with E-state index >= 15 is 0 Å². The van der Waals surface area contributed by atoms with Gasteiger partial charge in [0.15, 0.2) is 0 Å². The Morgan fingerprint density at radius 3 is 3.42 bits per heavy atom. The monoisotopic (exact) mass is 238 g/mol. The van der Waals surface area contributed by atoms with Crippen LogP contribution in [0, 0.1) is 0 Å². The van der Waals surface area contributed by atoms with Crippen LogP contribution in [-0.4, -0.2) is 25.1 Å². The predicted octanol–water partition coefficient (Wildman–Crippen LogP) is 1.87. The van der Waals surface area contributed by atoms with Gasteiger partial charge in [0.1, 0.15) is 16.9 Å². The van der Waals surface area contributed by atoms with Gasteiger partial charge in [-0.2, -0.15) is 0 Å². The molecule has 0 N–H and O–H groups in total. The fourth-order valence-electron chi connectivity index (χ4n) is 0.549. The minimum atomic E-state index is -3.16. The predicted molar refractivity (Wildman–Crippen MR) is 49.3 cm³/mol. The molecule has 0 amide bonds. The molecule has 0 saturated carbocycles. The number of halogens is 1. The number of methoxy groups -OCH3 is 1. The van der Waals surface area contributed by atoms with Crippen LogP contribution in [-0.2, 0) is 4.74 Å². The van der Waals surface area contributed by atoms with E-state index in [-0.39, 0.29) is 5.75 Å². The largest absolute Gasteiger partial charge is 0.491 e. The molecule has 0 aliphatic heterocycles. The summed E-state index contributed by atoms with van der Waals surface area (Å²) in [5.74, 6) is -0.0232. The topological polar surface area (TPSA) is 31.4 Å². The zero-order valence-corrected chi connectivity index (χ0v) is 7.46. The zero-order valence-electron chi connectivity index (χ0n) is 12.9. The van der Waals surface area contributed by atoms with Crippen LogP contribution < -0.4 is 4.74 Å². The van der Waals surface area contributed by atoms with Gasteiger partial charge in [0, 0.05) is 19.3 Å². The number of rotatable bonds is 4. The smallest absolute Gasteiger partial charge is 0.123 e. The van der Waals surface area contributed by atoms with Crippen molar-refractivity contribution in [3.63, 3.8) is 0 Å². The highest BCUT2D eigenvalue weighted by atomic mass is 79.9. The second kappa shape index (κ2) is 5.11. The van der Waals surface area contributed by atoms with Crippen LogP contribution in [0.5, 0.6) is 5.75 Å². The summed E-state index contributed by atoms with van der Waals surface area (Å²) in [4.78, 5) is 3.79. The molecule has 0 saturated heterocycles. The minimum Gasteiger partial charge on any atom is -0.491 e. The Morgan fingerprint density at radius 1 is 1.75 bits per heavy atom. The number of ether oxygens (including phenoxy) is 2. The lowest BCUT2D eigenvalue weighted by atomic mass is 10.4. The Hall–Kier alpha value is -0.610. The summed E-state index contributed by atoms with van der Waals surface area (Å²) in [5.41, 5.74) is 0. The molecule has 0 spiro atoms. The van der Waals surface area contributed by atoms with Crippen LogP contribution in [0.15, 0.2) is 22.9 Å². The standard InChI is InChI=1S/C8H10BrNO2/c1-11-4-5-12-7-2-3-10-8(9)6-7/h2-3,6H,4-5H2,1H3/i1D3,4D2,5D2. The summed E-state index contributed by atoms with van der Waals surface area (Å²) in [6.45, 7) is -6.16. The van der Waals surface area contributed by atoms with Crippen LogP contribution in [0.4, 0.5) is 0 Å². The van der Waals surface area contributed by atoms with Crippen LogP contribution in [0.25, 0.3) is 0 Å². The first-order valence-corrected chi connectivity index (χ1v) is 3.73. The lowest BCUT2D eigenvalue weighted by Gasteiger charge is -2.04. The van der Waals surface area contributed by atoms with Crippen LogP contribution in [0.3, 0.4) is 0 Å². The van der Waals surface area contributed by atoms with Crippen LogP contribution >= 0.6 is 15.9 Å². The first-order valence-electron chi connectivity index (χ1n) is 6.44. The Labute approximate surface area is 89.7 Å². The molecule has 1 aromatic rings. The molecule has 4 heteroatoms. The maximum atomic E-state index is 7.48. The summed E-state index contributed by atoms with van der Waals surface area (Å²) < 4.78 is 59.3. The number of hydrogen-bond donors (Lipinski definition) is 0. The van der Waals surface area contributed by atoms with Crippen molar-refractivity contribution in [2.24, 2.45) is 0 Å². The molecule has 0 fully saturated rings. The quantitative estimate of drug-likeness (QED) is 0.751. The maximum Gasteiger partial charge on any atom is 0.123 e. The van der Waals surface area contributed by atoms with Gasteiger partial charge in [0.25, 0.3) is 0 Å². The average molecular weight is 239 g/mol. The Bertz CT molecular complexity index is 451. The van der Waals surface area contributed by atoms with E-state index in [9.17, 15) is 0 Å². The third-order valence-electron chi connectivity index (χ3n) is 0.960. The van der Waals surface area contributed by atoms with Crippen molar-refractivity contribution < 1.29 is 19.1 Å². The summed E-state index contributed by atoms with van der Waals surface area (Å²) in [5, 5.41) is 0. The number of nitrogens with zero attached hydrogens (tertiary/aromatic N) is 1. The van der Waals surface area contributed by atoms with Gasteiger partial charge in [0.05, 0.1) is 16.2 Å². The SMILES string of the molecule is [2H]C([2H])([2H])OC([2H])([2H])C([2H])([2H])Oc1ccnc(Br)c1. The fourth-order valence-corrected chi connectivity index (χ4v) is 0.893. The third-order valence-corrected chi connectivity index (χ3v) is 1.39. The first-order chi connectivity index (χ1) is 8.43. The fraction of sp³-hybridized carbons (Fsp3) is 0.375. The van der Waals surface area contributed by atoms with Gasteiger partial charge in [-0.1, -0.05) is 0 Å². The molecule has 1 aromatic heterocycles. The van der Waals surface area contributed by atoms with Gasteiger partial charge < -0.3 is 9.47 Å². The van der Waals surface area contributed by atoms with Gasteiger partial charge in [-0.05, 0) is 22.0 Å². The number of aromatic nitrogens is 1. The minimum absolute atomic E-state index is 0.0232.